The summed E-state index contributed by atoms with van der Waals surface area (Å²) in [5.74, 6) is 0.135. The average Bonchev–Trinajstić information content (AvgIpc) is 4.22. The van der Waals surface area contributed by atoms with Gasteiger partial charge in [0.05, 0.1) is 62.0 Å². The van der Waals surface area contributed by atoms with Crippen LogP contribution in [0.1, 0.15) is 178 Å². The highest BCUT2D eigenvalue weighted by atomic mass is 16.7. The Bertz CT molecular complexity index is 2040. The van der Waals surface area contributed by atoms with Crippen LogP contribution in [0.25, 0.3) is 0 Å². The molecule has 18 atom stereocenters. The van der Waals surface area contributed by atoms with Gasteiger partial charge in [-0.1, -0.05) is 72.8 Å². The molecular weight excluding hydrogens is 1070 g/mol. The van der Waals surface area contributed by atoms with Gasteiger partial charge in [0, 0.05) is 58.4 Å². The second-order valence-electron chi connectivity index (χ2n) is 25.1. The molecule has 84 heavy (non-hydrogen) atoms. The van der Waals surface area contributed by atoms with Crippen molar-refractivity contribution in [3.63, 3.8) is 0 Å². The zero-order chi connectivity index (χ0) is 58.0. The highest BCUT2D eigenvalue weighted by Crippen LogP contribution is 2.46. The van der Waals surface area contributed by atoms with E-state index in [4.69, 9.17) is 56.8 Å². The van der Waals surface area contributed by atoms with E-state index in [9.17, 15) is 20.4 Å². The summed E-state index contributed by atoms with van der Waals surface area (Å²) in [7, 11) is 0. The molecule has 8 aliphatic rings. The Balaban J connectivity index is 0.000000202. The van der Waals surface area contributed by atoms with E-state index in [1.165, 1.54) is 11.1 Å². The lowest BCUT2D eigenvalue weighted by molar-refractivity contribution is -0.205. The van der Waals surface area contributed by atoms with E-state index < -0.39 is 12.2 Å². The zero-order valence-electron chi connectivity index (χ0n) is 50.5. The Morgan fingerprint density at radius 1 is 0.429 bits per heavy atom. The third-order valence-corrected chi connectivity index (χ3v) is 18.7. The fourth-order valence-electron chi connectivity index (χ4n) is 14.1. The van der Waals surface area contributed by atoms with Gasteiger partial charge in [0.25, 0.3) is 0 Å². The predicted molar refractivity (Wildman–Crippen MR) is 317 cm³/mol. The van der Waals surface area contributed by atoms with Crippen molar-refractivity contribution in [2.24, 2.45) is 23.7 Å². The Labute approximate surface area is 502 Å². The van der Waals surface area contributed by atoms with Crippen LogP contribution in [0.5, 0.6) is 0 Å². The second kappa shape index (κ2) is 36.9. The van der Waals surface area contributed by atoms with Crippen LogP contribution in [-0.2, 0) is 69.7 Å². The first-order chi connectivity index (χ1) is 41.3. The van der Waals surface area contributed by atoms with E-state index in [0.717, 1.165) is 194 Å². The van der Waals surface area contributed by atoms with Crippen molar-refractivity contribution in [1.82, 2.24) is 0 Å². The topological polar surface area (TPSA) is 192 Å². The minimum absolute atomic E-state index is 0.0274. The number of benzene rings is 2. The van der Waals surface area contributed by atoms with Crippen LogP contribution < -0.4 is 0 Å². The number of aryl methyl sites for hydroxylation is 2. The quantitative estimate of drug-likeness (QED) is 0.0562. The van der Waals surface area contributed by atoms with E-state index >= 15 is 0 Å². The number of rotatable bonds is 29. The molecule has 6 saturated heterocycles. The third kappa shape index (κ3) is 21.9. The molecule has 474 valence electrons. The second-order valence-corrected chi connectivity index (χ2v) is 25.1. The number of hydrogen-bond donors (Lipinski definition) is 4. The first kappa shape index (κ1) is 66.0. The summed E-state index contributed by atoms with van der Waals surface area (Å²) >= 11 is 0. The molecule has 4 N–H and O–H groups in total. The largest absolute Gasteiger partial charge is 0.394 e. The lowest BCUT2D eigenvalue weighted by Gasteiger charge is -2.33. The molecule has 2 aromatic carbocycles. The van der Waals surface area contributed by atoms with E-state index in [0.29, 0.717) is 25.9 Å². The summed E-state index contributed by atoms with van der Waals surface area (Å²) in [5, 5.41) is 40.8. The minimum atomic E-state index is -0.824. The molecule has 0 aromatic heterocycles. The van der Waals surface area contributed by atoms with Gasteiger partial charge in [0.1, 0.15) is 0 Å². The molecule has 8 unspecified atom stereocenters. The maximum Gasteiger partial charge on any atom is 0.158 e. The van der Waals surface area contributed by atoms with Gasteiger partial charge in [0.15, 0.2) is 37.7 Å². The van der Waals surface area contributed by atoms with Crippen molar-refractivity contribution in [3.8, 4) is 0 Å². The summed E-state index contributed by atoms with van der Waals surface area (Å²) < 4.78 is 75.5. The van der Waals surface area contributed by atoms with Gasteiger partial charge < -0.3 is 77.3 Å². The van der Waals surface area contributed by atoms with Crippen LogP contribution in [0, 0.1) is 23.7 Å². The smallest absolute Gasteiger partial charge is 0.158 e. The summed E-state index contributed by atoms with van der Waals surface area (Å²) in [5.41, 5.74) is 2.60. The van der Waals surface area contributed by atoms with Crippen molar-refractivity contribution in [2.75, 3.05) is 52.9 Å². The predicted octanol–water partition coefficient (Wildman–Crippen LogP) is 10.8. The lowest BCUT2D eigenvalue weighted by atomic mass is 9.84. The minimum Gasteiger partial charge on any atom is -0.394 e. The fourth-order valence-corrected chi connectivity index (χ4v) is 14.1. The van der Waals surface area contributed by atoms with Gasteiger partial charge in [-0.3, -0.25) is 0 Å². The molecule has 6 aliphatic heterocycles. The van der Waals surface area contributed by atoms with Gasteiger partial charge in [0.2, 0.25) is 0 Å². The molecule has 16 heteroatoms. The normalized spacial score (nSPS) is 33.9. The first-order valence-corrected chi connectivity index (χ1v) is 33.3. The maximum absolute atomic E-state index is 10.6. The summed E-state index contributed by atoms with van der Waals surface area (Å²) in [4.78, 5) is 0. The summed E-state index contributed by atoms with van der Waals surface area (Å²) in [6.07, 6.45) is 27.3. The molecule has 0 bridgehead atoms. The van der Waals surface area contributed by atoms with Crippen molar-refractivity contribution >= 4 is 0 Å². The van der Waals surface area contributed by atoms with Crippen LogP contribution in [0.4, 0.5) is 0 Å². The SMILES string of the molecule is OCC(O)C[C@@H]1[C@@H](/C=C/[C@H](CCc2ccccc2)OC2CCCCO2)[C@H](OC2CCCCO2)C[C@@H]1OC1CCCCO1.OCC(O)C[C@@H]1[C@@H](CC[C@H](CCc2ccccc2)OC2CCCCO2)[C@H](OC2CCCCO2)C[C@@H]1OC1CCCCO1. The number of aliphatic hydroxyl groups is 4. The lowest BCUT2D eigenvalue weighted by Crippen LogP contribution is -2.35. The highest BCUT2D eigenvalue weighted by Gasteiger charge is 2.48. The van der Waals surface area contributed by atoms with Gasteiger partial charge in [-0.05, 0) is 196 Å². The first-order valence-electron chi connectivity index (χ1n) is 33.3. The molecule has 0 amide bonds. The Morgan fingerprint density at radius 3 is 1.27 bits per heavy atom. The van der Waals surface area contributed by atoms with E-state index in [1.807, 2.05) is 6.07 Å². The molecule has 0 radical (unpaired) electrons. The monoisotopic (exact) mass is 1180 g/mol. The van der Waals surface area contributed by atoms with Crippen LogP contribution in [0.15, 0.2) is 72.8 Å². The van der Waals surface area contributed by atoms with E-state index in [-0.39, 0.29) is 111 Å². The molecular formula is C68H106O16. The fraction of sp³-hybridized carbons (Fsp3) is 0.794. The van der Waals surface area contributed by atoms with Gasteiger partial charge in [-0.2, -0.15) is 0 Å². The summed E-state index contributed by atoms with van der Waals surface area (Å²) in [6, 6.07) is 21.1. The van der Waals surface area contributed by atoms with Crippen LogP contribution in [0.2, 0.25) is 0 Å². The standard InChI is InChI=1S/C34H54O8.C34H52O8/c2*35-24-26(36)22-29-28(18-17-27(40-32-12-4-7-19-37-32)16-15-25-10-2-1-3-11-25)30(41-33-13-5-8-20-38-33)23-31(29)42-34-14-6-9-21-39-34/h1-3,10-11,26-36H,4-9,12-24H2;1-3,10-11,17-18,26-36H,4-9,12-16,19-24H2/b;18-17+/t2*26?,27-,28+,29+,30+,31-,32?,33?,34?/m00/s1. The summed E-state index contributed by atoms with van der Waals surface area (Å²) in [6.45, 7) is 3.86. The van der Waals surface area contributed by atoms with Crippen LogP contribution in [0.3, 0.4) is 0 Å². The molecule has 2 aliphatic carbocycles. The van der Waals surface area contributed by atoms with Gasteiger partial charge in [-0.15, -0.1) is 0 Å². The molecule has 6 heterocycles. The van der Waals surface area contributed by atoms with Crippen molar-refractivity contribution in [2.45, 2.75) is 266 Å². The molecule has 10 rings (SSSR count). The molecule has 2 aromatic rings. The molecule has 16 nitrogen and oxygen atoms in total. The van der Waals surface area contributed by atoms with E-state index in [1.54, 1.807) is 0 Å². The van der Waals surface area contributed by atoms with Crippen molar-refractivity contribution in [3.05, 3.63) is 83.9 Å². The van der Waals surface area contributed by atoms with Crippen molar-refractivity contribution < 1.29 is 77.3 Å². The van der Waals surface area contributed by atoms with Crippen molar-refractivity contribution in [1.29, 1.82) is 0 Å². The molecule has 8 fully saturated rings. The Hall–Kier alpha value is -2.46. The number of ether oxygens (including phenoxy) is 12. The molecule has 2 saturated carbocycles. The third-order valence-electron chi connectivity index (χ3n) is 18.7. The number of aliphatic hydroxyl groups excluding tert-OH is 4. The average molecular weight is 1180 g/mol. The Morgan fingerprint density at radius 2 is 0.821 bits per heavy atom. The van der Waals surface area contributed by atoms with E-state index in [2.05, 4.69) is 66.7 Å². The van der Waals surface area contributed by atoms with Gasteiger partial charge in [-0.25, -0.2) is 0 Å². The van der Waals surface area contributed by atoms with Crippen LogP contribution in [-0.4, -0.2) is 160 Å². The van der Waals surface area contributed by atoms with Crippen LogP contribution >= 0.6 is 0 Å². The number of hydrogen-bond acceptors (Lipinski definition) is 16. The molecule has 0 spiro atoms. The Kier molecular flexibility index (Phi) is 29.0. The van der Waals surface area contributed by atoms with Gasteiger partial charge >= 0.3 is 0 Å². The zero-order valence-corrected chi connectivity index (χ0v) is 50.5. The highest BCUT2D eigenvalue weighted by molar-refractivity contribution is 5.16. The maximum atomic E-state index is 10.6.